The second kappa shape index (κ2) is 5.40. The van der Waals surface area contributed by atoms with Crippen molar-refractivity contribution in [3.63, 3.8) is 0 Å². The number of pyridine rings is 1. The maximum Gasteiger partial charge on any atom is 0.339 e. The van der Waals surface area contributed by atoms with Crippen molar-refractivity contribution in [3.8, 4) is 5.75 Å². The minimum Gasteiger partial charge on any atom is -0.507 e. The number of carboxylic acids is 1. The molecule has 0 fully saturated rings. The number of nitrogens with one attached hydrogen (secondary N) is 1. The first-order valence-corrected chi connectivity index (χ1v) is 5.76. The average Bonchev–Trinajstić information content (AvgIpc) is 2.38. The molecule has 0 aliphatic carbocycles. The summed E-state index contributed by atoms with van der Waals surface area (Å²) >= 11 is 0. The van der Waals surface area contributed by atoms with E-state index in [0.29, 0.717) is 11.3 Å². The Balaban J connectivity index is 2.20. The number of hydrogen-bond donors (Lipinski definition) is 3. The van der Waals surface area contributed by atoms with Crippen molar-refractivity contribution < 1.29 is 19.8 Å². The number of phenols is 1. The van der Waals surface area contributed by atoms with E-state index in [1.165, 1.54) is 24.4 Å². The lowest BCUT2D eigenvalue weighted by Gasteiger charge is -2.07. The molecule has 1 amide bonds. The number of rotatable bonds is 3. The summed E-state index contributed by atoms with van der Waals surface area (Å²) in [4.78, 5) is 26.6. The largest absolute Gasteiger partial charge is 0.507 e. The lowest BCUT2D eigenvalue weighted by atomic mass is 10.1. The summed E-state index contributed by atoms with van der Waals surface area (Å²) in [6, 6.07) is 5.49. The molecule has 0 saturated heterocycles. The van der Waals surface area contributed by atoms with Crippen LogP contribution in [0.2, 0.25) is 0 Å². The number of carbonyl (C=O) groups is 2. The van der Waals surface area contributed by atoms with E-state index in [0.717, 1.165) is 5.56 Å². The molecular weight excluding hydrogens is 260 g/mol. The van der Waals surface area contributed by atoms with Gasteiger partial charge >= 0.3 is 5.97 Å². The van der Waals surface area contributed by atoms with Crippen LogP contribution in [0.25, 0.3) is 0 Å². The highest BCUT2D eigenvalue weighted by Crippen LogP contribution is 2.22. The van der Waals surface area contributed by atoms with Gasteiger partial charge < -0.3 is 15.5 Å². The van der Waals surface area contributed by atoms with E-state index in [2.05, 4.69) is 10.3 Å². The Morgan fingerprint density at radius 2 is 1.95 bits per heavy atom. The van der Waals surface area contributed by atoms with Crippen LogP contribution in [0.1, 0.15) is 26.3 Å². The van der Waals surface area contributed by atoms with Gasteiger partial charge in [0.15, 0.2) is 0 Å². The first-order valence-electron chi connectivity index (χ1n) is 5.76. The standard InChI is InChI=1S/C14H12N2O4/c1-8-4-9(7-15-6-8)13(18)16-10-2-3-11(14(19)20)12(17)5-10/h2-7,17H,1H3,(H,16,18)(H,19,20). The van der Waals surface area contributed by atoms with Crippen molar-refractivity contribution in [1.29, 1.82) is 0 Å². The fraction of sp³-hybridized carbons (Fsp3) is 0.0714. The van der Waals surface area contributed by atoms with Crippen molar-refractivity contribution in [2.75, 3.05) is 5.32 Å². The number of aryl methyl sites for hydroxylation is 1. The Morgan fingerprint density at radius 1 is 1.20 bits per heavy atom. The number of hydrogen-bond acceptors (Lipinski definition) is 4. The first-order chi connectivity index (χ1) is 9.47. The molecule has 0 radical (unpaired) electrons. The molecule has 0 aliphatic rings. The zero-order chi connectivity index (χ0) is 14.7. The highest BCUT2D eigenvalue weighted by Gasteiger charge is 2.12. The van der Waals surface area contributed by atoms with Gasteiger partial charge in [-0.05, 0) is 30.7 Å². The molecule has 0 aliphatic heterocycles. The molecule has 2 rings (SSSR count). The lowest BCUT2D eigenvalue weighted by molar-refractivity contribution is 0.0693. The third-order valence-electron chi connectivity index (χ3n) is 2.62. The van der Waals surface area contributed by atoms with Crippen molar-refractivity contribution in [1.82, 2.24) is 4.98 Å². The molecule has 3 N–H and O–H groups in total. The second-order valence-electron chi connectivity index (χ2n) is 4.24. The van der Waals surface area contributed by atoms with E-state index in [9.17, 15) is 14.7 Å². The Bertz CT molecular complexity index is 683. The van der Waals surface area contributed by atoms with Gasteiger partial charge in [-0.3, -0.25) is 9.78 Å². The normalized spacial score (nSPS) is 10.1. The SMILES string of the molecule is Cc1cncc(C(=O)Nc2ccc(C(=O)O)c(O)c2)c1. The first kappa shape index (κ1) is 13.5. The summed E-state index contributed by atoms with van der Waals surface area (Å²) in [5.74, 6) is -2.02. The maximum absolute atomic E-state index is 11.9. The molecule has 1 aromatic heterocycles. The number of anilines is 1. The number of nitrogens with zero attached hydrogens (tertiary/aromatic N) is 1. The molecule has 102 valence electrons. The molecule has 20 heavy (non-hydrogen) atoms. The number of amides is 1. The minimum absolute atomic E-state index is 0.222. The van der Waals surface area contributed by atoms with Crippen LogP contribution in [0, 0.1) is 6.92 Å². The third-order valence-corrected chi connectivity index (χ3v) is 2.62. The molecule has 0 unspecified atom stereocenters. The quantitative estimate of drug-likeness (QED) is 0.794. The number of carboxylic acid groups (broad SMARTS) is 1. The monoisotopic (exact) mass is 272 g/mol. The van der Waals surface area contributed by atoms with Crippen LogP contribution in [0.5, 0.6) is 5.75 Å². The average molecular weight is 272 g/mol. The second-order valence-corrected chi connectivity index (χ2v) is 4.24. The van der Waals surface area contributed by atoms with E-state index in [1.54, 1.807) is 12.3 Å². The zero-order valence-corrected chi connectivity index (χ0v) is 10.6. The summed E-state index contributed by atoms with van der Waals surface area (Å²) < 4.78 is 0. The van der Waals surface area contributed by atoms with Gasteiger partial charge in [-0.15, -0.1) is 0 Å². The van der Waals surface area contributed by atoms with Gasteiger partial charge in [0.2, 0.25) is 0 Å². The summed E-state index contributed by atoms with van der Waals surface area (Å²) in [6.07, 6.45) is 3.05. The maximum atomic E-state index is 11.9. The van der Waals surface area contributed by atoms with Gasteiger partial charge in [-0.2, -0.15) is 0 Å². The van der Waals surface area contributed by atoms with E-state index >= 15 is 0 Å². The number of carbonyl (C=O) groups excluding carboxylic acids is 1. The van der Waals surface area contributed by atoms with Gasteiger partial charge in [0.25, 0.3) is 5.91 Å². The van der Waals surface area contributed by atoms with E-state index in [-0.39, 0.29) is 11.5 Å². The molecule has 2 aromatic rings. The molecule has 6 heteroatoms. The van der Waals surface area contributed by atoms with Gasteiger partial charge in [-0.1, -0.05) is 0 Å². The molecule has 0 bridgehead atoms. The highest BCUT2D eigenvalue weighted by molar-refractivity contribution is 6.04. The number of aromatic hydroxyl groups is 1. The molecule has 0 saturated carbocycles. The zero-order valence-electron chi connectivity index (χ0n) is 10.6. The van der Waals surface area contributed by atoms with Crippen molar-refractivity contribution in [3.05, 3.63) is 53.3 Å². The predicted molar refractivity (Wildman–Crippen MR) is 72.0 cm³/mol. The van der Waals surface area contributed by atoms with E-state index in [1.807, 2.05) is 6.92 Å². The van der Waals surface area contributed by atoms with Crippen LogP contribution in [0.15, 0.2) is 36.7 Å². The Kier molecular flexibility index (Phi) is 3.65. The smallest absolute Gasteiger partial charge is 0.339 e. The summed E-state index contributed by atoms with van der Waals surface area (Å²) in [5.41, 5.74) is 1.31. The van der Waals surface area contributed by atoms with Crippen LogP contribution in [0.4, 0.5) is 5.69 Å². The van der Waals surface area contributed by atoms with Crippen LogP contribution in [-0.4, -0.2) is 27.1 Å². The molecule has 1 aromatic carbocycles. The van der Waals surface area contributed by atoms with Crippen molar-refractivity contribution >= 4 is 17.6 Å². The van der Waals surface area contributed by atoms with Crippen LogP contribution >= 0.6 is 0 Å². The summed E-state index contributed by atoms with van der Waals surface area (Å²) in [6.45, 7) is 1.82. The van der Waals surface area contributed by atoms with Crippen molar-refractivity contribution in [2.45, 2.75) is 6.92 Å². The molecule has 0 spiro atoms. The Hall–Kier alpha value is -2.89. The van der Waals surface area contributed by atoms with E-state index < -0.39 is 11.7 Å². The fourth-order valence-corrected chi connectivity index (χ4v) is 1.67. The topological polar surface area (TPSA) is 99.5 Å². The van der Waals surface area contributed by atoms with Crippen LogP contribution in [-0.2, 0) is 0 Å². The molecular formula is C14H12N2O4. The van der Waals surface area contributed by atoms with Crippen LogP contribution < -0.4 is 5.32 Å². The van der Waals surface area contributed by atoms with Gasteiger partial charge in [0, 0.05) is 24.1 Å². The number of aromatic nitrogens is 1. The minimum atomic E-state index is -1.23. The molecule has 1 heterocycles. The predicted octanol–water partition coefficient (Wildman–Crippen LogP) is 2.05. The Morgan fingerprint density at radius 3 is 2.55 bits per heavy atom. The third kappa shape index (κ3) is 2.92. The lowest BCUT2D eigenvalue weighted by Crippen LogP contribution is -2.12. The highest BCUT2D eigenvalue weighted by atomic mass is 16.4. The number of benzene rings is 1. The molecule has 6 nitrogen and oxygen atoms in total. The van der Waals surface area contributed by atoms with E-state index in [4.69, 9.17) is 5.11 Å². The summed E-state index contributed by atoms with van der Waals surface area (Å²) in [7, 11) is 0. The van der Waals surface area contributed by atoms with Crippen molar-refractivity contribution in [2.24, 2.45) is 0 Å². The number of aromatic carboxylic acids is 1. The Labute approximate surface area is 114 Å². The summed E-state index contributed by atoms with van der Waals surface area (Å²) in [5, 5.41) is 20.9. The van der Waals surface area contributed by atoms with Crippen LogP contribution in [0.3, 0.4) is 0 Å². The van der Waals surface area contributed by atoms with Gasteiger partial charge in [0.1, 0.15) is 11.3 Å². The van der Waals surface area contributed by atoms with Gasteiger partial charge in [-0.25, -0.2) is 4.79 Å². The van der Waals surface area contributed by atoms with Gasteiger partial charge in [0.05, 0.1) is 5.56 Å². The molecule has 0 atom stereocenters. The fourth-order valence-electron chi connectivity index (χ4n) is 1.67.